The highest BCUT2D eigenvalue weighted by atomic mass is 19.1. The summed E-state index contributed by atoms with van der Waals surface area (Å²) in [6.07, 6.45) is 5.44. The molecular formula is C15H20FN. The van der Waals surface area contributed by atoms with E-state index < -0.39 is 0 Å². The van der Waals surface area contributed by atoms with Crippen LogP contribution in [0.3, 0.4) is 0 Å². The first kappa shape index (κ1) is 11.2. The zero-order valence-electron chi connectivity index (χ0n) is 10.3. The highest BCUT2D eigenvalue weighted by Crippen LogP contribution is 2.45. The first-order valence-electron chi connectivity index (χ1n) is 6.76. The van der Waals surface area contributed by atoms with Gasteiger partial charge in [-0.05, 0) is 50.5 Å². The Balaban J connectivity index is 1.69. The number of benzene rings is 1. The molecule has 0 aromatic heterocycles. The van der Waals surface area contributed by atoms with Crippen LogP contribution in [0, 0.1) is 17.7 Å². The Kier molecular flexibility index (Phi) is 2.91. The Morgan fingerprint density at radius 1 is 1.12 bits per heavy atom. The van der Waals surface area contributed by atoms with Crippen molar-refractivity contribution in [2.75, 3.05) is 0 Å². The Bertz CT molecular complexity index is 384. The lowest BCUT2D eigenvalue weighted by Gasteiger charge is -2.23. The summed E-state index contributed by atoms with van der Waals surface area (Å²) in [5, 5.41) is 3.66. The van der Waals surface area contributed by atoms with Gasteiger partial charge < -0.3 is 5.32 Å². The SMILES string of the molecule is CC(NC(C1CC1)C1CC1)c1ccccc1F. The molecule has 1 atom stereocenters. The molecule has 0 saturated heterocycles. The summed E-state index contributed by atoms with van der Waals surface area (Å²) in [7, 11) is 0. The molecule has 17 heavy (non-hydrogen) atoms. The summed E-state index contributed by atoms with van der Waals surface area (Å²) in [6, 6.07) is 7.87. The van der Waals surface area contributed by atoms with Gasteiger partial charge in [-0.3, -0.25) is 0 Å². The fraction of sp³-hybridized carbons (Fsp3) is 0.600. The van der Waals surface area contributed by atoms with Crippen molar-refractivity contribution in [1.82, 2.24) is 5.32 Å². The molecule has 0 radical (unpaired) electrons. The van der Waals surface area contributed by atoms with Crippen molar-refractivity contribution in [3.05, 3.63) is 35.6 Å². The third-order valence-corrected chi connectivity index (χ3v) is 4.07. The van der Waals surface area contributed by atoms with Crippen molar-refractivity contribution < 1.29 is 4.39 Å². The molecule has 0 amide bonds. The summed E-state index contributed by atoms with van der Waals surface area (Å²) in [4.78, 5) is 0. The Morgan fingerprint density at radius 2 is 1.71 bits per heavy atom. The Morgan fingerprint density at radius 3 is 2.24 bits per heavy atom. The van der Waals surface area contributed by atoms with Crippen molar-refractivity contribution >= 4 is 0 Å². The molecule has 2 aliphatic rings. The van der Waals surface area contributed by atoms with Crippen LogP contribution in [0.2, 0.25) is 0 Å². The van der Waals surface area contributed by atoms with Gasteiger partial charge in [0.15, 0.2) is 0 Å². The van der Waals surface area contributed by atoms with E-state index in [4.69, 9.17) is 0 Å². The summed E-state index contributed by atoms with van der Waals surface area (Å²) in [5.74, 6) is 1.63. The smallest absolute Gasteiger partial charge is 0.127 e. The molecule has 1 N–H and O–H groups in total. The number of nitrogens with one attached hydrogen (secondary N) is 1. The molecule has 0 bridgehead atoms. The first-order chi connectivity index (χ1) is 8.25. The molecule has 2 heteroatoms. The Hall–Kier alpha value is -0.890. The predicted molar refractivity (Wildman–Crippen MR) is 67.2 cm³/mol. The number of rotatable bonds is 5. The van der Waals surface area contributed by atoms with Gasteiger partial charge in [-0.25, -0.2) is 4.39 Å². The minimum absolute atomic E-state index is 0.0853. The second kappa shape index (κ2) is 4.41. The van der Waals surface area contributed by atoms with E-state index in [-0.39, 0.29) is 11.9 Å². The minimum Gasteiger partial charge on any atom is -0.307 e. The van der Waals surface area contributed by atoms with Crippen LogP contribution in [0.15, 0.2) is 24.3 Å². The van der Waals surface area contributed by atoms with Crippen molar-refractivity contribution in [3.63, 3.8) is 0 Å². The van der Waals surface area contributed by atoms with Crippen LogP contribution in [0.1, 0.15) is 44.2 Å². The summed E-state index contributed by atoms with van der Waals surface area (Å²) in [5.41, 5.74) is 0.804. The predicted octanol–water partition coefficient (Wildman–Crippen LogP) is 3.66. The number of hydrogen-bond donors (Lipinski definition) is 1. The maximum absolute atomic E-state index is 13.7. The largest absolute Gasteiger partial charge is 0.307 e. The quantitative estimate of drug-likeness (QED) is 0.818. The van der Waals surface area contributed by atoms with Crippen molar-refractivity contribution in [1.29, 1.82) is 0 Å². The summed E-state index contributed by atoms with van der Waals surface area (Å²) < 4.78 is 13.7. The van der Waals surface area contributed by atoms with Crippen LogP contribution in [0.5, 0.6) is 0 Å². The van der Waals surface area contributed by atoms with Gasteiger partial charge in [-0.2, -0.15) is 0 Å². The van der Waals surface area contributed by atoms with Crippen molar-refractivity contribution in [2.45, 2.75) is 44.7 Å². The maximum atomic E-state index is 13.7. The molecule has 3 rings (SSSR count). The van der Waals surface area contributed by atoms with Crippen molar-refractivity contribution in [2.24, 2.45) is 11.8 Å². The molecule has 92 valence electrons. The van der Waals surface area contributed by atoms with E-state index >= 15 is 0 Å². The molecule has 0 heterocycles. The fourth-order valence-electron chi connectivity index (χ4n) is 2.77. The number of hydrogen-bond acceptors (Lipinski definition) is 1. The highest BCUT2D eigenvalue weighted by molar-refractivity contribution is 5.21. The van der Waals surface area contributed by atoms with E-state index in [0.717, 1.165) is 17.4 Å². The van der Waals surface area contributed by atoms with Crippen LogP contribution < -0.4 is 5.32 Å². The zero-order valence-corrected chi connectivity index (χ0v) is 10.3. The second-order valence-electron chi connectivity index (χ2n) is 5.61. The maximum Gasteiger partial charge on any atom is 0.127 e. The molecule has 1 unspecified atom stereocenters. The summed E-state index contributed by atoms with van der Waals surface area (Å²) in [6.45, 7) is 2.08. The Labute approximate surface area is 102 Å². The van der Waals surface area contributed by atoms with Crippen LogP contribution in [-0.2, 0) is 0 Å². The van der Waals surface area contributed by atoms with Gasteiger partial charge in [-0.1, -0.05) is 18.2 Å². The third-order valence-electron chi connectivity index (χ3n) is 4.07. The molecular weight excluding hydrogens is 213 g/mol. The topological polar surface area (TPSA) is 12.0 Å². The van der Waals surface area contributed by atoms with Crippen LogP contribution in [0.4, 0.5) is 4.39 Å². The second-order valence-corrected chi connectivity index (χ2v) is 5.61. The molecule has 1 aromatic rings. The van der Waals surface area contributed by atoms with Gasteiger partial charge in [-0.15, -0.1) is 0 Å². The lowest BCUT2D eigenvalue weighted by atomic mass is 10.0. The van der Waals surface area contributed by atoms with E-state index in [2.05, 4.69) is 12.2 Å². The van der Waals surface area contributed by atoms with Crippen LogP contribution in [0.25, 0.3) is 0 Å². The fourth-order valence-corrected chi connectivity index (χ4v) is 2.77. The normalized spacial score (nSPS) is 21.8. The molecule has 0 aliphatic heterocycles. The van der Waals surface area contributed by atoms with E-state index in [1.54, 1.807) is 12.1 Å². The molecule has 0 spiro atoms. The van der Waals surface area contributed by atoms with Crippen molar-refractivity contribution in [3.8, 4) is 0 Å². The molecule has 1 nitrogen and oxygen atoms in total. The minimum atomic E-state index is -0.0853. The molecule has 1 aromatic carbocycles. The zero-order chi connectivity index (χ0) is 11.8. The van der Waals surface area contributed by atoms with Gasteiger partial charge in [0.1, 0.15) is 5.82 Å². The van der Waals surface area contributed by atoms with Gasteiger partial charge in [0.05, 0.1) is 0 Å². The van der Waals surface area contributed by atoms with Gasteiger partial charge >= 0.3 is 0 Å². The third kappa shape index (κ3) is 2.52. The van der Waals surface area contributed by atoms with Crippen LogP contribution >= 0.6 is 0 Å². The first-order valence-corrected chi connectivity index (χ1v) is 6.76. The van der Waals surface area contributed by atoms with Gasteiger partial charge in [0.2, 0.25) is 0 Å². The van der Waals surface area contributed by atoms with E-state index in [9.17, 15) is 4.39 Å². The van der Waals surface area contributed by atoms with Gasteiger partial charge in [0, 0.05) is 17.6 Å². The van der Waals surface area contributed by atoms with E-state index in [1.165, 1.54) is 25.7 Å². The van der Waals surface area contributed by atoms with E-state index in [1.807, 2.05) is 12.1 Å². The summed E-state index contributed by atoms with van der Waals surface area (Å²) >= 11 is 0. The molecule has 2 fully saturated rings. The average Bonchev–Trinajstić information content (AvgIpc) is 3.16. The average molecular weight is 233 g/mol. The highest BCUT2D eigenvalue weighted by Gasteiger charge is 2.41. The monoisotopic (exact) mass is 233 g/mol. The molecule has 2 aliphatic carbocycles. The lowest BCUT2D eigenvalue weighted by molar-refractivity contribution is 0.371. The standard InChI is InChI=1S/C15H20FN/c1-10(13-4-2-3-5-14(13)16)17-15(11-6-7-11)12-8-9-12/h2-5,10-12,15,17H,6-9H2,1H3. The molecule has 2 saturated carbocycles. The van der Waals surface area contributed by atoms with E-state index in [0.29, 0.717) is 6.04 Å². The lowest BCUT2D eigenvalue weighted by Crippen LogP contribution is -2.35. The van der Waals surface area contributed by atoms with Gasteiger partial charge in [0.25, 0.3) is 0 Å². The van der Waals surface area contributed by atoms with Crippen LogP contribution in [-0.4, -0.2) is 6.04 Å². The number of halogens is 1.